The van der Waals surface area contributed by atoms with Gasteiger partial charge in [-0.1, -0.05) is 20.3 Å². The Labute approximate surface area is 106 Å². The van der Waals surface area contributed by atoms with Gasteiger partial charge in [0.05, 0.1) is 6.20 Å². The van der Waals surface area contributed by atoms with Crippen LogP contribution in [-0.2, 0) is 13.0 Å². The molecule has 0 aromatic carbocycles. The Bertz CT molecular complexity index is 306. The van der Waals surface area contributed by atoms with Crippen molar-refractivity contribution < 1.29 is 0 Å². The first-order valence-electron chi connectivity index (χ1n) is 6.95. The van der Waals surface area contributed by atoms with Gasteiger partial charge < -0.3 is 5.32 Å². The second-order valence-corrected chi connectivity index (χ2v) is 4.82. The summed E-state index contributed by atoms with van der Waals surface area (Å²) in [5.41, 5.74) is 1.36. The van der Waals surface area contributed by atoms with Crippen LogP contribution in [0.15, 0.2) is 12.4 Å². The average molecular weight is 237 g/mol. The molecule has 1 aromatic heterocycles. The minimum atomic E-state index is 0.588. The molecule has 0 saturated heterocycles. The van der Waals surface area contributed by atoms with Crippen LogP contribution in [0.25, 0.3) is 0 Å². The van der Waals surface area contributed by atoms with E-state index in [1.165, 1.54) is 18.4 Å². The maximum atomic E-state index is 4.34. The number of nitrogens with one attached hydrogen (secondary N) is 1. The summed E-state index contributed by atoms with van der Waals surface area (Å²) in [5, 5.41) is 7.94. The molecular weight excluding hydrogens is 210 g/mol. The monoisotopic (exact) mass is 237 g/mol. The number of aryl methyl sites for hydroxylation is 1. The van der Waals surface area contributed by atoms with Crippen LogP contribution in [0.5, 0.6) is 0 Å². The van der Waals surface area contributed by atoms with Gasteiger partial charge in [-0.3, -0.25) is 4.68 Å². The van der Waals surface area contributed by atoms with Gasteiger partial charge in [0, 0.05) is 18.8 Å². The van der Waals surface area contributed by atoms with Crippen LogP contribution in [-0.4, -0.2) is 22.4 Å². The molecule has 2 unspecified atom stereocenters. The molecule has 0 aliphatic carbocycles. The lowest BCUT2D eigenvalue weighted by atomic mass is 9.92. The van der Waals surface area contributed by atoms with E-state index in [-0.39, 0.29) is 0 Å². The molecule has 0 saturated carbocycles. The lowest BCUT2D eigenvalue weighted by molar-refractivity contribution is 0.362. The molecule has 0 aliphatic heterocycles. The number of hydrogen-bond acceptors (Lipinski definition) is 2. The second kappa shape index (κ2) is 7.49. The molecule has 1 heterocycles. The van der Waals surface area contributed by atoms with E-state index in [9.17, 15) is 0 Å². The zero-order chi connectivity index (χ0) is 12.7. The van der Waals surface area contributed by atoms with Gasteiger partial charge in [0.2, 0.25) is 0 Å². The average Bonchev–Trinajstić information content (AvgIpc) is 2.80. The highest BCUT2D eigenvalue weighted by molar-refractivity contribution is 5.05. The van der Waals surface area contributed by atoms with Gasteiger partial charge in [-0.2, -0.15) is 5.10 Å². The molecule has 2 atom stereocenters. The minimum absolute atomic E-state index is 0.588. The lowest BCUT2D eigenvalue weighted by Crippen LogP contribution is -2.34. The maximum Gasteiger partial charge on any atom is 0.0521 e. The molecule has 3 nitrogen and oxygen atoms in total. The number of aromatic nitrogens is 2. The first kappa shape index (κ1) is 14.2. The van der Waals surface area contributed by atoms with Crippen molar-refractivity contribution in [1.29, 1.82) is 0 Å². The molecule has 0 fully saturated rings. The van der Waals surface area contributed by atoms with E-state index in [1.54, 1.807) is 0 Å². The summed E-state index contributed by atoms with van der Waals surface area (Å²) in [6.45, 7) is 11.0. The molecule has 1 rings (SSSR count). The normalized spacial score (nSPS) is 14.8. The smallest absolute Gasteiger partial charge is 0.0521 e. The highest BCUT2D eigenvalue weighted by Gasteiger charge is 2.15. The highest BCUT2D eigenvalue weighted by Crippen LogP contribution is 2.15. The molecule has 0 amide bonds. The fourth-order valence-electron chi connectivity index (χ4n) is 2.20. The topological polar surface area (TPSA) is 29.9 Å². The van der Waals surface area contributed by atoms with Crippen LogP contribution in [0.4, 0.5) is 0 Å². The Balaban J connectivity index is 2.50. The Morgan fingerprint density at radius 3 is 2.65 bits per heavy atom. The van der Waals surface area contributed by atoms with Crippen molar-refractivity contribution in [2.75, 3.05) is 6.54 Å². The Hall–Kier alpha value is -0.830. The SMILES string of the molecule is CCCNC(C)C(CC)Cc1cnn(CC)c1. The summed E-state index contributed by atoms with van der Waals surface area (Å²) in [4.78, 5) is 0. The first-order chi connectivity index (χ1) is 8.21. The van der Waals surface area contributed by atoms with Gasteiger partial charge in [0.25, 0.3) is 0 Å². The third-order valence-electron chi connectivity index (χ3n) is 3.46. The predicted molar refractivity (Wildman–Crippen MR) is 73.1 cm³/mol. The van der Waals surface area contributed by atoms with E-state index in [2.05, 4.69) is 44.3 Å². The van der Waals surface area contributed by atoms with E-state index in [0.717, 1.165) is 19.5 Å². The van der Waals surface area contributed by atoms with Crippen LogP contribution < -0.4 is 5.32 Å². The Kier molecular flexibility index (Phi) is 6.27. The van der Waals surface area contributed by atoms with Gasteiger partial charge in [-0.05, 0) is 44.7 Å². The van der Waals surface area contributed by atoms with Gasteiger partial charge in [0.15, 0.2) is 0 Å². The molecule has 0 bridgehead atoms. The van der Waals surface area contributed by atoms with Crippen LogP contribution in [0.2, 0.25) is 0 Å². The van der Waals surface area contributed by atoms with Crippen molar-refractivity contribution in [1.82, 2.24) is 15.1 Å². The molecule has 0 spiro atoms. The van der Waals surface area contributed by atoms with Crippen molar-refractivity contribution in [3.8, 4) is 0 Å². The first-order valence-corrected chi connectivity index (χ1v) is 6.95. The van der Waals surface area contributed by atoms with Crippen LogP contribution in [0.3, 0.4) is 0 Å². The maximum absolute atomic E-state index is 4.34. The zero-order valence-corrected chi connectivity index (χ0v) is 11.7. The molecule has 17 heavy (non-hydrogen) atoms. The number of rotatable bonds is 8. The molecule has 0 aliphatic rings. The molecule has 0 radical (unpaired) electrons. The van der Waals surface area contributed by atoms with Gasteiger partial charge >= 0.3 is 0 Å². The van der Waals surface area contributed by atoms with Crippen molar-refractivity contribution >= 4 is 0 Å². The van der Waals surface area contributed by atoms with Crippen molar-refractivity contribution in [2.24, 2.45) is 5.92 Å². The fraction of sp³-hybridized carbons (Fsp3) is 0.786. The van der Waals surface area contributed by atoms with Crippen LogP contribution in [0, 0.1) is 5.92 Å². The standard InChI is InChI=1S/C14H27N3/c1-5-8-15-12(4)14(6-2)9-13-10-16-17(7-3)11-13/h10-12,14-15H,5-9H2,1-4H3. The molecule has 3 heteroatoms. The largest absolute Gasteiger partial charge is 0.314 e. The van der Waals surface area contributed by atoms with Gasteiger partial charge in [0.1, 0.15) is 0 Å². The summed E-state index contributed by atoms with van der Waals surface area (Å²) in [6.07, 6.45) is 7.74. The second-order valence-electron chi connectivity index (χ2n) is 4.82. The van der Waals surface area contributed by atoms with Crippen LogP contribution in [0.1, 0.15) is 46.1 Å². The number of hydrogen-bond donors (Lipinski definition) is 1. The molecule has 1 N–H and O–H groups in total. The quantitative estimate of drug-likeness (QED) is 0.753. The van der Waals surface area contributed by atoms with E-state index in [4.69, 9.17) is 0 Å². The molecule has 98 valence electrons. The van der Waals surface area contributed by atoms with Gasteiger partial charge in [-0.15, -0.1) is 0 Å². The van der Waals surface area contributed by atoms with E-state index < -0.39 is 0 Å². The van der Waals surface area contributed by atoms with Crippen molar-refractivity contribution in [3.63, 3.8) is 0 Å². The lowest BCUT2D eigenvalue weighted by Gasteiger charge is -2.23. The Morgan fingerprint density at radius 2 is 2.12 bits per heavy atom. The van der Waals surface area contributed by atoms with E-state index in [1.807, 2.05) is 10.9 Å². The highest BCUT2D eigenvalue weighted by atomic mass is 15.3. The predicted octanol–water partition coefficient (Wildman–Crippen LogP) is 2.86. The zero-order valence-electron chi connectivity index (χ0n) is 11.7. The third kappa shape index (κ3) is 4.50. The summed E-state index contributed by atoms with van der Waals surface area (Å²) >= 11 is 0. The van der Waals surface area contributed by atoms with Gasteiger partial charge in [-0.25, -0.2) is 0 Å². The Morgan fingerprint density at radius 1 is 1.35 bits per heavy atom. The molecular formula is C14H27N3. The van der Waals surface area contributed by atoms with E-state index in [0.29, 0.717) is 12.0 Å². The fourth-order valence-corrected chi connectivity index (χ4v) is 2.20. The van der Waals surface area contributed by atoms with Crippen LogP contribution >= 0.6 is 0 Å². The third-order valence-corrected chi connectivity index (χ3v) is 3.46. The minimum Gasteiger partial charge on any atom is -0.314 e. The van der Waals surface area contributed by atoms with E-state index >= 15 is 0 Å². The van der Waals surface area contributed by atoms with Crippen molar-refractivity contribution in [3.05, 3.63) is 18.0 Å². The van der Waals surface area contributed by atoms with Crippen molar-refractivity contribution in [2.45, 2.75) is 59.5 Å². The summed E-state index contributed by atoms with van der Waals surface area (Å²) in [6, 6.07) is 0.588. The summed E-state index contributed by atoms with van der Waals surface area (Å²) < 4.78 is 2.01. The summed E-state index contributed by atoms with van der Waals surface area (Å²) in [5.74, 6) is 0.705. The molecule has 1 aromatic rings. The summed E-state index contributed by atoms with van der Waals surface area (Å²) in [7, 11) is 0. The number of nitrogens with zero attached hydrogens (tertiary/aromatic N) is 2.